The summed E-state index contributed by atoms with van der Waals surface area (Å²) in [5, 5.41) is 14.0. The van der Waals surface area contributed by atoms with Gasteiger partial charge in [0.1, 0.15) is 5.75 Å². The van der Waals surface area contributed by atoms with Gasteiger partial charge >= 0.3 is 0 Å². The van der Waals surface area contributed by atoms with Crippen molar-refractivity contribution in [1.29, 1.82) is 0 Å². The summed E-state index contributed by atoms with van der Waals surface area (Å²) in [6.45, 7) is 13.4. The van der Waals surface area contributed by atoms with E-state index >= 15 is 0 Å². The number of aliphatic hydroxyl groups excluding tert-OH is 1. The lowest BCUT2D eigenvalue weighted by Gasteiger charge is -2.34. The number of fused-ring (bicyclic) bond motifs is 1. The quantitative estimate of drug-likeness (QED) is 0.424. The molecular weight excluding hydrogens is 518 g/mol. The number of amidine groups is 1. The van der Waals surface area contributed by atoms with Crippen LogP contribution in [-0.2, 0) is 16.4 Å². The summed E-state index contributed by atoms with van der Waals surface area (Å²) < 4.78 is 36.6. The summed E-state index contributed by atoms with van der Waals surface area (Å²) in [5.41, 5.74) is 4.23. The van der Waals surface area contributed by atoms with Crippen molar-refractivity contribution in [3.8, 4) is 5.75 Å². The van der Waals surface area contributed by atoms with E-state index in [4.69, 9.17) is 14.9 Å². The van der Waals surface area contributed by atoms with Gasteiger partial charge in [0.05, 0.1) is 34.2 Å². The number of sulfonamides is 1. The third kappa shape index (κ3) is 5.41. The van der Waals surface area contributed by atoms with Gasteiger partial charge in [-0.1, -0.05) is 19.9 Å². The predicted molar refractivity (Wildman–Crippen MR) is 152 cm³/mol. The molecule has 0 atom stereocenters. The molecule has 0 radical (unpaired) electrons. The zero-order valence-electron chi connectivity index (χ0n) is 23.3. The van der Waals surface area contributed by atoms with Crippen LogP contribution in [0, 0.1) is 6.92 Å². The summed E-state index contributed by atoms with van der Waals surface area (Å²) in [6.07, 6.45) is 3.05. The molecule has 0 aliphatic carbocycles. The summed E-state index contributed by atoms with van der Waals surface area (Å²) in [7, 11) is -1.93. The fourth-order valence-electron chi connectivity index (χ4n) is 5.28. The van der Waals surface area contributed by atoms with E-state index in [1.54, 1.807) is 22.9 Å². The van der Waals surface area contributed by atoms with Crippen molar-refractivity contribution < 1.29 is 23.1 Å². The molecule has 1 aromatic heterocycles. The van der Waals surface area contributed by atoms with Crippen LogP contribution in [0.5, 0.6) is 5.75 Å². The Kier molecular flexibility index (Phi) is 8.95. The van der Waals surface area contributed by atoms with E-state index < -0.39 is 10.0 Å². The van der Waals surface area contributed by atoms with Gasteiger partial charge in [-0.3, -0.25) is 4.79 Å². The van der Waals surface area contributed by atoms with Crippen LogP contribution in [-0.4, -0.2) is 97.4 Å². The van der Waals surface area contributed by atoms with Gasteiger partial charge < -0.3 is 19.6 Å². The second kappa shape index (κ2) is 12.0. The first-order chi connectivity index (χ1) is 18.7. The fraction of sp³-hybridized carbons (Fsp3) is 0.500. The standard InChI is InChI=1S/C28H39N5O5S/c1-6-9-25-24(19-35)20(3)27-21(4)30(5)28(29-33(25)27)23-18-22(10-11-26(23)38-7-2)39(36,37)32-15-13-31(14-16-32)12-8-17-34/h10-11,18-19,34H,4,6-9,12-17H2,1-3,5H3. The molecule has 0 spiro atoms. The SMILES string of the molecule is C=C1c2c(C)c(C=O)c(CCC)n2N=C(c2cc(S(=O)(=O)N3CCN(CCCO)CC3)ccc2OCC)N1C. The topological polar surface area (TPSA) is 108 Å². The minimum Gasteiger partial charge on any atom is -0.493 e. The zero-order valence-corrected chi connectivity index (χ0v) is 24.1. The lowest BCUT2D eigenvalue weighted by atomic mass is 10.1. The van der Waals surface area contributed by atoms with E-state index in [-0.39, 0.29) is 11.5 Å². The molecule has 10 nitrogen and oxygen atoms in total. The number of carbonyl (C=O) groups excluding carboxylic acids is 1. The van der Waals surface area contributed by atoms with Crippen molar-refractivity contribution >= 4 is 27.8 Å². The van der Waals surface area contributed by atoms with Crippen molar-refractivity contribution in [2.45, 2.75) is 44.9 Å². The number of nitrogens with zero attached hydrogens (tertiary/aromatic N) is 5. The smallest absolute Gasteiger partial charge is 0.243 e. The van der Waals surface area contributed by atoms with Crippen LogP contribution in [0.3, 0.4) is 0 Å². The molecular formula is C28H39N5O5S. The van der Waals surface area contributed by atoms with Crippen LogP contribution in [0.15, 0.2) is 34.8 Å². The molecule has 1 saturated heterocycles. The Morgan fingerprint density at radius 1 is 1.18 bits per heavy atom. The average Bonchev–Trinajstić information content (AvgIpc) is 3.20. The van der Waals surface area contributed by atoms with Crippen molar-refractivity contribution in [3.05, 3.63) is 52.9 Å². The maximum Gasteiger partial charge on any atom is 0.243 e. The first-order valence-corrected chi connectivity index (χ1v) is 14.9. The highest BCUT2D eigenvalue weighted by Crippen LogP contribution is 2.35. The van der Waals surface area contributed by atoms with Gasteiger partial charge in [-0.2, -0.15) is 4.31 Å². The van der Waals surface area contributed by atoms with E-state index in [1.807, 2.05) is 32.7 Å². The molecule has 39 heavy (non-hydrogen) atoms. The largest absolute Gasteiger partial charge is 0.493 e. The Morgan fingerprint density at radius 2 is 1.90 bits per heavy atom. The average molecular weight is 558 g/mol. The highest BCUT2D eigenvalue weighted by Gasteiger charge is 2.33. The van der Waals surface area contributed by atoms with Crippen LogP contribution in [0.25, 0.3) is 5.70 Å². The van der Waals surface area contributed by atoms with E-state index in [2.05, 4.69) is 11.5 Å². The summed E-state index contributed by atoms with van der Waals surface area (Å²) >= 11 is 0. The molecule has 1 aromatic carbocycles. The highest BCUT2D eigenvalue weighted by atomic mass is 32.2. The molecule has 1 N–H and O–H groups in total. The molecule has 0 unspecified atom stereocenters. The lowest BCUT2D eigenvalue weighted by molar-refractivity contribution is 0.112. The number of rotatable bonds is 11. The summed E-state index contributed by atoms with van der Waals surface area (Å²) in [6, 6.07) is 4.89. The Hall–Kier alpha value is -2.99. The van der Waals surface area contributed by atoms with Crippen LogP contribution in [0.2, 0.25) is 0 Å². The van der Waals surface area contributed by atoms with E-state index in [0.717, 1.165) is 36.2 Å². The highest BCUT2D eigenvalue weighted by molar-refractivity contribution is 7.89. The molecule has 2 aliphatic heterocycles. The first-order valence-electron chi connectivity index (χ1n) is 13.5. The second-order valence-electron chi connectivity index (χ2n) is 9.86. The third-order valence-electron chi connectivity index (χ3n) is 7.43. The minimum atomic E-state index is -3.76. The monoisotopic (exact) mass is 557 g/mol. The molecule has 2 aliphatic rings. The Bertz CT molecular complexity index is 1370. The number of piperazine rings is 1. The van der Waals surface area contributed by atoms with E-state index in [0.29, 0.717) is 74.0 Å². The molecule has 3 heterocycles. The number of aromatic nitrogens is 1. The second-order valence-corrected chi connectivity index (χ2v) is 11.8. The molecule has 1 fully saturated rings. The zero-order chi connectivity index (χ0) is 28.3. The van der Waals surface area contributed by atoms with Crippen molar-refractivity contribution in [2.75, 3.05) is 53.0 Å². The summed E-state index contributed by atoms with van der Waals surface area (Å²) in [4.78, 5) is 16.1. The normalized spacial score (nSPS) is 16.8. The Morgan fingerprint density at radius 3 is 2.51 bits per heavy atom. The molecule has 0 bridgehead atoms. The molecule has 212 valence electrons. The maximum atomic E-state index is 13.7. The molecule has 2 aromatic rings. The number of benzene rings is 1. The summed E-state index contributed by atoms with van der Waals surface area (Å²) in [5.74, 6) is 1.01. The predicted octanol–water partition coefficient (Wildman–Crippen LogP) is 2.77. The van der Waals surface area contributed by atoms with Crippen LogP contribution in [0.4, 0.5) is 0 Å². The van der Waals surface area contributed by atoms with Crippen molar-refractivity contribution in [3.63, 3.8) is 0 Å². The van der Waals surface area contributed by atoms with Crippen molar-refractivity contribution in [2.24, 2.45) is 5.10 Å². The van der Waals surface area contributed by atoms with Gasteiger partial charge in [0.15, 0.2) is 12.1 Å². The van der Waals surface area contributed by atoms with Gasteiger partial charge in [0.25, 0.3) is 0 Å². The van der Waals surface area contributed by atoms with Gasteiger partial charge in [0.2, 0.25) is 10.0 Å². The van der Waals surface area contributed by atoms with Crippen LogP contribution in [0.1, 0.15) is 59.6 Å². The van der Waals surface area contributed by atoms with Gasteiger partial charge in [-0.05, 0) is 50.5 Å². The maximum absolute atomic E-state index is 13.7. The third-order valence-corrected chi connectivity index (χ3v) is 9.32. The molecule has 4 rings (SSSR count). The molecule has 0 saturated carbocycles. The molecule has 11 heteroatoms. The van der Waals surface area contributed by atoms with E-state index in [1.165, 1.54) is 4.31 Å². The van der Waals surface area contributed by atoms with Gasteiger partial charge in [0, 0.05) is 51.9 Å². The number of aliphatic hydroxyl groups is 1. The van der Waals surface area contributed by atoms with Crippen LogP contribution >= 0.6 is 0 Å². The first kappa shape index (κ1) is 29.0. The number of carbonyl (C=O) groups is 1. The Labute approximate surface area is 231 Å². The van der Waals surface area contributed by atoms with E-state index in [9.17, 15) is 13.2 Å². The van der Waals surface area contributed by atoms with Gasteiger partial charge in [-0.15, -0.1) is 5.10 Å². The number of aldehydes is 1. The van der Waals surface area contributed by atoms with Gasteiger partial charge in [-0.25, -0.2) is 13.1 Å². The minimum absolute atomic E-state index is 0.124. The van der Waals surface area contributed by atoms with Crippen molar-refractivity contribution in [1.82, 2.24) is 18.8 Å². The van der Waals surface area contributed by atoms with Crippen LogP contribution < -0.4 is 4.74 Å². The Balaban J connectivity index is 1.78. The number of hydrogen-bond acceptors (Lipinski definition) is 8. The number of hydrogen-bond donors (Lipinski definition) is 1. The number of ether oxygens (including phenoxy) is 1. The molecule has 0 amide bonds. The lowest BCUT2D eigenvalue weighted by Crippen LogP contribution is -2.48. The fourth-order valence-corrected chi connectivity index (χ4v) is 6.73.